The van der Waals surface area contributed by atoms with E-state index in [1.165, 1.54) is 4.68 Å². The standard InChI is InChI=1S/C16H22N4O3/c1-3-5-6-14-18-19(10-15(21)23-4-2)16(22)13-9-12(11-7-8-11)17-20(13)14/h9,11H,3-8,10H2,1-2H3. The van der Waals surface area contributed by atoms with Gasteiger partial charge in [0.05, 0.1) is 12.3 Å². The second-order valence-corrected chi connectivity index (χ2v) is 5.93. The lowest BCUT2D eigenvalue weighted by Gasteiger charge is -2.08. The maximum atomic E-state index is 12.6. The van der Waals surface area contributed by atoms with E-state index in [-0.39, 0.29) is 18.7 Å². The van der Waals surface area contributed by atoms with Crippen molar-refractivity contribution in [2.45, 2.75) is 58.4 Å². The Morgan fingerprint density at radius 1 is 1.35 bits per heavy atom. The number of ether oxygens (including phenoxy) is 1. The molecule has 0 bridgehead atoms. The number of rotatable bonds is 7. The number of unbranched alkanes of at least 4 members (excludes halogenated alkanes) is 1. The lowest BCUT2D eigenvalue weighted by atomic mass is 10.2. The van der Waals surface area contributed by atoms with Gasteiger partial charge in [0.25, 0.3) is 5.56 Å². The number of carbonyl (C=O) groups excluding carboxylic acids is 1. The molecule has 2 aromatic rings. The molecular weight excluding hydrogens is 296 g/mol. The zero-order valence-corrected chi connectivity index (χ0v) is 13.6. The summed E-state index contributed by atoms with van der Waals surface area (Å²) >= 11 is 0. The first kappa shape index (κ1) is 15.7. The van der Waals surface area contributed by atoms with Crippen LogP contribution in [-0.2, 0) is 22.5 Å². The van der Waals surface area contributed by atoms with Gasteiger partial charge in [0.15, 0.2) is 5.82 Å². The Morgan fingerprint density at radius 3 is 2.78 bits per heavy atom. The fraction of sp³-hybridized carbons (Fsp3) is 0.625. The zero-order chi connectivity index (χ0) is 16.4. The lowest BCUT2D eigenvalue weighted by molar-refractivity contribution is -0.144. The topological polar surface area (TPSA) is 78.5 Å². The molecule has 124 valence electrons. The van der Waals surface area contributed by atoms with Gasteiger partial charge < -0.3 is 4.74 Å². The van der Waals surface area contributed by atoms with Gasteiger partial charge in [0.1, 0.15) is 12.1 Å². The number of aryl methyl sites for hydroxylation is 1. The number of fused-ring (bicyclic) bond motifs is 1. The third-order valence-corrected chi connectivity index (χ3v) is 4.00. The molecule has 0 radical (unpaired) electrons. The van der Waals surface area contributed by atoms with Gasteiger partial charge in [-0.05, 0) is 32.3 Å². The van der Waals surface area contributed by atoms with E-state index in [1.54, 1.807) is 11.4 Å². The highest BCUT2D eigenvalue weighted by Gasteiger charge is 2.27. The summed E-state index contributed by atoms with van der Waals surface area (Å²) in [6.07, 6.45) is 4.95. The monoisotopic (exact) mass is 318 g/mol. The smallest absolute Gasteiger partial charge is 0.327 e. The summed E-state index contributed by atoms with van der Waals surface area (Å²) in [6, 6.07) is 1.85. The number of nitrogens with zero attached hydrogens (tertiary/aromatic N) is 4. The lowest BCUT2D eigenvalue weighted by Crippen LogP contribution is -2.31. The van der Waals surface area contributed by atoms with Crippen LogP contribution in [0.3, 0.4) is 0 Å². The van der Waals surface area contributed by atoms with Crippen molar-refractivity contribution in [3.8, 4) is 0 Å². The molecule has 2 heterocycles. The molecule has 7 nitrogen and oxygen atoms in total. The van der Waals surface area contributed by atoms with E-state index in [2.05, 4.69) is 17.1 Å². The van der Waals surface area contributed by atoms with Gasteiger partial charge in [0.2, 0.25) is 0 Å². The van der Waals surface area contributed by atoms with E-state index < -0.39 is 5.97 Å². The maximum absolute atomic E-state index is 12.6. The molecule has 0 N–H and O–H groups in total. The molecule has 23 heavy (non-hydrogen) atoms. The van der Waals surface area contributed by atoms with E-state index in [0.717, 1.165) is 43.6 Å². The SMILES string of the molecule is CCCCc1nn(CC(=O)OCC)c(=O)c2cc(C3CC3)nn12. The molecule has 0 atom stereocenters. The molecule has 0 aromatic carbocycles. The summed E-state index contributed by atoms with van der Waals surface area (Å²) in [5, 5.41) is 8.93. The fourth-order valence-corrected chi connectivity index (χ4v) is 2.61. The largest absolute Gasteiger partial charge is 0.465 e. The number of aromatic nitrogens is 4. The van der Waals surface area contributed by atoms with Crippen molar-refractivity contribution in [1.82, 2.24) is 19.4 Å². The second kappa shape index (κ2) is 6.52. The third kappa shape index (κ3) is 3.28. The Bertz CT molecular complexity index is 773. The van der Waals surface area contributed by atoms with Crippen molar-refractivity contribution in [2.24, 2.45) is 0 Å². The van der Waals surface area contributed by atoms with Crippen molar-refractivity contribution < 1.29 is 9.53 Å². The Balaban J connectivity index is 2.03. The summed E-state index contributed by atoms with van der Waals surface area (Å²) in [6.45, 7) is 3.97. The summed E-state index contributed by atoms with van der Waals surface area (Å²) in [7, 11) is 0. The van der Waals surface area contributed by atoms with Crippen LogP contribution < -0.4 is 5.56 Å². The van der Waals surface area contributed by atoms with Gasteiger partial charge in [-0.25, -0.2) is 9.20 Å². The van der Waals surface area contributed by atoms with Crippen LogP contribution in [0.2, 0.25) is 0 Å². The second-order valence-electron chi connectivity index (χ2n) is 5.93. The molecule has 0 unspecified atom stereocenters. The average molecular weight is 318 g/mol. The summed E-state index contributed by atoms with van der Waals surface area (Å²) < 4.78 is 7.79. The van der Waals surface area contributed by atoms with Crippen LogP contribution in [-0.4, -0.2) is 32.0 Å². The van der Waals surface area contributed by atoms with Crippen LogP contribution in [0.5, 0.6) is 0 Å². The molecule has 2 aromatic heterocycles. The third-order valence-electron chi connectivity index (χ3n) is 4.00. The molecule has 1 aliphatic carbocycles. The summed E-state index contributed by atoms with van der Waals surface area (Å²) in [4.78, 5) is 24.3. The van der Waals surface area contributed by atoms with Gasteiger partial charge in [0, 0.05) is 12.3 Å². The number of hydrogen-bond acceptors (Lipinski definition) is 5. The van der Waals surface area contributed by atoms with Crippen LogP contribution in [0.15, 0.2) is 10.9 Å². The summed E-state index contributed by atoms with van der Waals surface area (Å²) in [5.74, 6) is 0.735. The Kier molecular flexibility index (Phi) is 4.45. The Morgan fingerprint density at radius 2 is 2.13 bits per heavy atom. The van der Waals surface area contributed by atoms with Crippen LogP contribution in [0.4, 0.5) is 0 Å². The molecule has 1 saturated carbocycles. The highest BCUT2D eigenvalue weighted by Crippen LogP contribution is 2.39. The Labute approximate surface area is 134 Å². The first-order chi connectivity index (χ1) is 11.1. The molecule has 0 saturated heterocycles. The van der Waals surface area contributed by atoms with Crippen LogP contribution in [0.1, 0.15) is 57.0 Å². The van der Waals surface area contributed by atoms with Crippen LogP contribution in [0, 0.1) is 0 Å². The molecular formula is C16H22N4O3. The van der Waals surface area contributed by atoms with Crippen LogP contribution in [0.25, 0.3) is 5.52 Å². The summed E-state index contributed by atoms with van der Waals surface area (Å²) in [5.41, 5.74) is 1.16. The highest BCUT2D eigenvalue weighted by atomic mass is 16.5. The molecule has 1 aliphatic rings. The normalized spacial score (nSPS) is 14.3. The number of hydrogen-bond donors (Lipinski definition) is 0. The molecule has 3 rings (SSSR count). The van der Waals surface area contributed by atoms with Crippen molar-refractivity contribution >= 4 is 11.5 Å². The van der Waals surface area contributed by atoms with Gasteiger partial charge in [-0.3, -0.25) is 9.59 Å². The molecule has 0 aliphatic heterocycles. The predicted molar refractivity (Wildman–Crippen MR) is 84.5 cm³/mol. The van der Waals surface area contributed by atoms with E-state index in [9.17, 15) is 9.59 Å². The minimum Gasteiger partial charge on any atom is -0.465 e. The van der Waals surface area contributed by atoms with Crippen molar-refractivity contribution in [2.75, 3.05) is 6.61 Å². The van der Waals surface area contributed by atoms with E-state index in [4.69, 9.17) is 4.74 Å². The molecule has 0 spiro atoms. The minimum absolute atomic E-state index is 0.160. The van der Waals surface area contributed by atoms with Gasteiger partial charge >= 0.3 is 5.97 Å². The van der Waals surface area contributed by atoms with E-state index >= 15 is 0 Å². The number of carbonyl (C=O) groups is 1. The van der Waals surface area contributed by atoms with Gasteiger partial charge in [-0.2, -0.15) is 10.2 Å². The van der Waals surface area contributed by atoms with Gasteiger partial charge in [-0.15, -0.1) is 0 Å². The quantitative estimate of drug-likeness (QED) is 0.726. The Hall–Kier alpha value is -2.18. The van der Waals surface area contributed by atoms with E-state index in [1.807, 2.05) is 6.07 Å². The van der Waals surface area contributed by atoms with Crippen molar-refractivity contribution in [3.05, 3.63) is 27.9 Å². The zero-order valence-electron chi connectivity index (χ0n) is 13.6. The van der Waals surface area contributed by atoms with Crippen molar-refractivity contribution in [1.29, 1.82) is 0 Å². The molecule has 7 heteroatoms. The minimum atomic E-state index is -0.449. The highest BCUT2D eigenvalue weighted by molar-refractivity contribution is 5.69. The van der Waals surface area contributed by atoms with Crippen LogP contribution >= 0.6 is 0 Å². The first-order valence-corrected chi connectivity index (χ1v) is 8.29. The maximum Gasteiger partial charge on any atom is 0.327 e. The number of esters is 1. The molecule has 0 amide bonds. The predicted octanol–water partition coefficient (Wildman–Crippen LogP) is 1.67. The molecule has 1 fully saturated rings. The van der Waals surface area contributed by atoms with Gasteiger partial charge in [-0.1, -0.05) is 13.3 Å². The van der Waals surface area contributed by atoms with E-state index in [0.29, 0.717) is 11.4 Å². The van der Waals surface area contributed by atoms with Crippen molar-refractivity contribution in [3.63, 3.8) is 0 Å². The average Bonchev–Trinajstić information content (AvgIpc) is 3.28. The fourth-order valence-electron chi connectivity index (χ4n) is 2.61. The first-order valence-electron chi connectivity index (χ1n) is 8.29.